The normalized spacial score (nSPS) is 23.4. The van der Waals surface area contributed by atoms with Crippen LogP contribution in [0.1, 0.15) is 41.5 Å². The molecular weight excluding hydrogens is 253 g/mol. The molecule has 6 heteroatoms. The first-order valence-electron chi connectivity index (χ1n) is 6.63. The Morgan fingerprint density at radius 2 is 1.28 bits per heavy atom. The Kier molecular flexibility index (Phi) is 5.01. The fourth-order valence-electron chi connectivity index (χ4n) is 2.14. The molecule has 0 unspecified atom stereocenters. The van der Waals surface area contributed by atoms with Crippen molar-refractivity contribution in [3.05, 3.63) is 11.5 Å². The molecule has 0 saturated heterocycles. The van der Waals surface area contributed by atoms with Crippen LogP contribution in [-0.2, 0) is 18.1 Å². The predicted octanol–water partition coefficient (Wildman–Crippen LogP) is 3.83. The van der Waals surface area contributed by atoms with E-state index in [2.05, 4.69) is 0 Å². The maximum atomic E-state index is 6.04. The summed E-state index contributed by atoms with van der Waals surface area (Å²) in [6.45, 7) is 14.2. The minimum absolute atomic E-state index is 0.481. The van der Waals surface area contributed by atoms with Gasteiger partial charge in [0.05, 0.1) is 0 Å². The number of nitrogens with zero attached hydrogens (tertiary/aromatic N) is 1. The third kappa shape index (κ3) is 2.37. The van der Waals surface area contributed by atoms with Gasteiger partial charge in [-0.15, -0.1) is 0 Å². The van der Waals surface area contributed by atoms with Gasteiger partial charge in [0.25, 0.3) is 0 Å². The molecular formula is C12H26NO4P. The molecule has 0 saturated carbocycles. The summed E-state index contributed by atoms with van der Waals surface area (Å²) in [5.41, 5.74) is 0. The first-order chi connectivity index (χ1) is 8.47. The first-order valence-corrected chi connectivity index (χ1v) is 8.49. The van der Waals surface area contributed by atoms with Gasteiger partial charge in [0.15, 0.2) is 0 Å². The van der Waals surface area contributed by atoms with E-state index in [0.29, 0.717) is 13.2 Å². The van der Waals surface area contributed by atoms with Gasteiger partial charge in [0.1, 0.15) is 0 Å². The second-order valence-electron chi connectivity index (χ2n) is 4.04. The van der Waals surface area contributed by atoms with Crippen molar-refractivity contribution in [2.75, 3.05) is 26.3 Å². The molecule has 0 bridgehead atoms. The Labute approximate surface area is 110 Å². The van der Waals surface area contributed by atoms with Crippen molar-refractivity contribution in [3.63, 3.8) is 0 Å². The Morgan fingerprint density at radius 3 is 1.56 bits per heavy atom. The molecule has 0 radical (unpaired) electrons. The molecule has 1 aliphatic heterocycles. The third-order valence-electron chi connectivity index (χ3n) is 2.96. The number of allylic oxidation sites excluding steroid dienone is 2. The van der Waals surface area contributed by atoms with Crippen LogP contribution in [0.5, 0.6) is 0 Å². The van der Waals surface area contributed by atoms with Crippen LogP contribution in [0.3, 0.4) is 0 Å². The van der Waals surface area contributed by atoms with Crippen molar-refractivity contribution in [2.45, 2.75) is 41.5 Å². The van der Waals surface area contributed by atoms with Gasteiger partial charge in [-0.1, -0.05) is 0 Å². The van der Waals surface area contributed by atoms with Crippen molar-refractivity contribution in [1.82, 2.24) is 4.67 Å². The molecule has 0 aromatic carbocycles. The molecule has 108 valence electrons. The summed E-state index contributed by atoms with van der Waals surface area (Å²) in [7, 11) is -3.67. The quantitative estimate of drug-likeness (QED) is 0.662. The summed E-state index contributed by atoms with van der Waals surface area (Å²) in [4.78, 5) is 0. The van der Waals surface area contributed by atoms with Crippen LogP contribution in [-0.4, -0.2) is 31.0 Å². The first kappa shape index (κ1) is 15.7. The molecule has 0 fully saturated rings. The van der Waals surface area contributed by atoms with Gasteiger partial charge in [-0.05, 0) is 0 Å². The molecule has 0 spiro atoms. The van der Waals surface area contributed by atoms with Gasteiger partial charge in [-0.25, -0.2) is 0 Å². The van der Waals surface area contributed by atoms with Crippen LogP contribution < -0.4 is 0 Å². The van der Waals surface area contributed by atoms with Gasteiger partial charge in [-0.2, -0.15) is 0 Å². The summed E-state index contributed by atoms with van der Waals surface area (Å²) < 4.78 is 26.0. The van der Waals surface area contributed by atoms with E-state index in [9.17, 15) is 0 Å². The molecule has 0 aromatic heterocycles. The van der Waals surface area contributed by atoms with Crippen LogP contribution in [0.2, 0.25) is 0 Å². The van der Waals surface area contributed by atoms with Gasteiger partial charge in [-0.3, -0.25) is 0 Å². The van der Waals surface area contributed by atoms with E-state index >= 15 is 0 Å². The molecule has 18 heavy (non-hydrogen) atoms. The van der Waals surface area contributed by atoms with Gasteiger partial charge >= 0.3 is 110 Å². The predicted molar refractivity (Wildman–Crippen MR) is 73.6 cm³/mol. The fourth-order valence-corrected chi connectivity index (χ4v) is 5.98. The molecule has 0 atom stereocenters. The molecule has 0 amide bonds. The average Bonchev–Trinajstić information content (AvgIpc) is 2.54. The SMILES string of the molecule is CCOP1(OCC)(N(CC)CC)OC(C)=C(C)O1. The van der Waals surface area contributed by atoms with E-state index in [1.807, 2.05) is 46.2 Å². The summed E-state index contributed by atoms with van der Waals surface area (Å²) in [6.07, 6.45) is 0. The Morgan fingerprint density at radius 1 is 0.889 bits per heavy atom. The molecule has 0 aromatic rings. The molecule has 1 aliphatic rings. The second-order valence-corrected chi connectivity index (χ2v) is 7.04. The number of rotatable bonds is 7. The zero-order valence-electron chi connectivity index (χ0n) is 12.4. The Hall–Kier alpha value is -0.350. The van der Waals surface area contributed by atoms with Crippen LogP contribution in [0.25, 0.3) is 0 Å². The van der Waals surface area contributed by atoms with Crippen LogP contribution in [0.15, 0.2) is 11.5 Å². The molecule has 1 rings (SSSR count). The Bertz CT molecular complexity index is 304. The topological polar surface area (TPSA) is 40.2 Å². The number of hydrogen-bond donors (Lipinski definition) is 0. The van der Waals surface area contributed by atoms with Crippen molar-refractivity contribution >= 4 is 7.66 Å². The standard InChI is InChI=1S/C12H26NO4P/c1-7-13(8-2)18(14-9-3,15-10-4)16-11(5)12(6)17-18/h7-10H2,1-6H3. The molecule has 5 nitrogen and oxygen atoms in total. The van der Waals surface area contributed by atoms with Crippen LogP contribution in [0.4, 0.5) is 0 Å². The summed E-state index contributed by atoms with van der Waals surface area (Å²) in [5, 5.41) is 0. The van der Waals surface area contributed by atoms with Crippen LogP contribution in [0, 0.1) is 0 Å². The van der Waals surface area contributed by atoms with E-state index in [1.54, 1.807) is 0 Å². The van der Waals surface area contributed by atoms with E-state index in [1.165, 1.54) is 0 Å². The van der Waals surface area contributed by atoms with Crippen molar-refractivity contribution < 1.29 is 18.1 Å². The summed E-state index contributed by atoms with van der Waals surface area (Å²) >= 11 is 0. The minimum atomic E-state index is -3.67. The third-order valence-corrected chi connectivity index (χ3v) is 6.98. The second kappa shape index (κ2) is 5.74. The van der Waals surface area contributed by atoms with Gasteiger partial charge in [0.2, 0.25) is 0 Å². The number of hydrogen-bond acceptors (Lipinski definition) is 5. The van der Waals surface area contributed by atoms with E-state index in [0.717, 1.165) is 24.6 Å². The summed E-state index contributed by atoms with van der Waals surface area (Å²) in [5.74, 6) is 1.47. The monoisotopic (exact) mass is 279 g/mol. The molecule has 0 N–H and O–H groups in total. The van der Waals surface area contributed by atoms with Gasteiger partial charge < -0.3 is 0 Å². The van der Waals surface area contributed by atoms with E-state index in [4.69, 9.17) is 18.1 Å². The fraction of sp³-hybridized carbons (Fsp3) is 0.833. The van der Waals surface area contributed by atoms with E-state index in [-0.39, 0.29) is 0 Å². The van der Waals surface area contributed by atoms with Crippen molar-refractivity contribution in [3.8, 4) is 0 Å². The van der Waals surface area contributed by atoms with Crippen LogP contribution >= 0.6 is 7.66 Å². The van der Waals surface area contributed by atoms with E-state index < -0.39 is 7.66 Å². The zero-order valence-corrected chi connectivity index (χ0v) is 13.3. The van der Waals surface area contributed by atoms with Gasteiger partial charge in [0, 0.05) is 0 Å². The zero-order chi connectivity index (χ0) is 13.8. The van der Waals surface area contributed by atoms with Crippen molar-refractivity contribution in [1.29, 1.82) is 0 Å². The average molecular weight is 279 g/mol. The Balaban J connectivity index is 3.22. The van der Waals surface area contributed by atoms with Crippen molar-refractivity contribution in [2.24, 2.45) is 0 Å². The summed E-state index contributed by atoms with van der Waals surface area (Å²) in [6, 6.07) is 0. The molecule has 1 heterocycles. The maximum absolute atomic E-state index is 6.04. The molecule has 0 aliphatic carbocycles.